The van der Waals surface area contributed by atoms with Gasteiger partial charge in [0.1, 0.15) is 0 Å². The molecule has 0 saturated heterocycles. The molecular formula is C22H12F6O2. The maximum absolute atomic E-state index is 12.9. The van der Waals surface area contributed by atoms with Gasteiger partial charge in [-0.1, -0.05) is 42.5 Å². The Morgan fingerprint density at radius 2 is 0.800 bits per heavy atom. The zero-order valence-corrected chi connectivity index (χ0v) is 15.0. The maximum Gasteiger partial charge on any atom is 0.416 e. The van der Waals surface area contributed by atoms with E-state index in [1.54, 1.807) is 0 Å². The van der Waals surface area contributed by atoms with E-state index in [-0.39, 0.29) is 22.3 Å². The summed E-state index contributed by atoms with van der Waals surface area (Å²) in [6.45, 7) is 0. The summed E-state index contributed by atoms with van der Waals surface area (Å²) >= 11 is 0. The van der Waals surface area contributed by atoms with Crippen molar-refractivity contribution in [2.24, 2.45) is 0 Å². The highest BCUT2D eigenvalue weighted by molar-refractivity contribution is 6.13. The van der Waals surface area contributed by atoms with E-state index in [0.29, 0.717) is 12.1 Å². The van der Waals surface area contributed by atoms with Crippen LogP contribution in [0.5, 0.6) is 0 Å². The van der Waals surface area contributed by atoms with Gasteiger partial charge < -0.3 is 0 Å². The van der Waals surface area contributed by atoms with Crippen molar-refractivity contribution in [3.8, 4) is 0 Å². The van der Waals surface area contributed by atoms with E-state index < -0.39 is 35.0 Å². The second kappa shape index (κ2) is 7.78. The van der Waals surface area contributed by atoms with Crippen LogP contribution < -0.4 is 0 Å². The molecule has 3 aromatic carbocycles. The molecule has 0 bridgehead atoms. The molecule has 0 N–H and O–H groups in total. The van der Waals surface area contributed by atoms with Gasteiger partial charge in [0.05, 0.1) is 11.1 Å². The summed E-state index contributed by atoms with van der Waals surface area (Å²) in [6.07, 6.45) is -9.25. The fourth-order valence-corrected chi connectivity index (χ4v) is 2.81. The van der Waals surface area contributed by atoms with Crippen molar-refractivity contribution in [2.75, 3.05) is 0 Å². The lowest BCUT2D eigenvalue weighted by molar-refractivity contribution is -0.138. The number of carbonyl (C=O) groups excluding carboxylic acids is 2. The van der Waals surface area contributed by atoms with E-state index in [2.05, 4.69) is 0 Å². The minimum absolute atomic E-state index is 0.0628. The third-order valence-electron chi connectivity index (χ3n) is 4.29. The van der Waals surface area contributed by atoms with Crippen LogP contribution in [-0.4, -0.2) is 11.6 Å². The summed E-state index contributed by atoms with van der Waals surface area (Å²) in [4.78, 5) is 25.2. The van der Waals surface area contributed by atoms with Crippen molar-refractivity contribution in [2.45, 2.75) is 12.4 Å². The number of carbonyl (C=O) groups is 2. The van der Waals surface area contributed by atoms with E-state index >= 15 is 0 Å². The van der Waals surface area contributed by atoms with Gasteiger partial charge in [0.2, 0.25) is 0 Å². The largest absolute Gasteiger partial charge is 0.416 e. The predicted octanol–water partition coefficient (Wildman–Crippen LogP) is 6.19. The summed E-state index contributed by atoms with van der Waals surface area (Å²) in [7, 11) is 0. The van der Waals surface area contributed by atoms with Crippen LogP contribution in [0.15, 0.2) is 72.8 Å². The minimum atomic E-state index is -4.63. The Kier molecular flexibility index (Phi) is 5.52. The van der Waals surface area contributed by atoms with Crippen molar-refractivity contribution < 1.29 is 35.9 Å². The Balaban J connectivity index is 1.93. The molecule has 0 aromatic heterocycles. The van der Waals surface area contributed by atoms with Crippen molar-refractivity contribution >= 4 is 11.6 Å². The van der Waals surface area contributed by atoms with Crippen molar-refractivity contribution in [3.05, 3.63) is 106 Å². The molecule has 3 rings (SSSR count). The van der Waals surface area contributed by atoms with Gasteiger partial charge in [0.25, 0.3) is 0 Å². The highest BCUT2D eigenvalue weighted by atomic mass is 19.4. The first-order valence-corrected chi connectivity index (χ1v) is 8.51. The molecule has 0 heterocycles. The smallest absolute Gasteiger partial charge is 0.289 e. The number of rotatable bonds is 4. The molecule has 0 aliphatic rings. The Bertz CT molecular complexity index is 1030. The quantitative estimate of drug-likeness (QED) is 0.371. The summed E-state index contributed by atoms with van der Waals surface area (Å²) < 4.78 is 77.2. The highest BCUT2D eigenvalue weighted by Gasteiger charge is 2.32. The van der Waals surface area contributed by atoms with Crippen LogP contribution in [0.25, 0.3) is 0 Å². The molecule has 3 aromatic rings. The molecule has 0 amide bonds. The number of ketones is 2. The van der Waals surface area contributed by atoms with E-state index in [4.69, 9.17) is 0 Å². The maximum atomic E-state index is 12.9. The highest BCUT2D eigenvalue weighted by Crippen LogP contribution is 2.31. The van der Waals surface area contributed by atoms with Crippen LogP contribution in [0.1, 0.15) is 43.0 Å². The summed E-state index contributed by atoms with van der Waals surface area (Å²) in [5.41, 5.74) is -2.57. The minimum Gasteiger partial charge on any atom is -0.289 e. The van der Waals surface area contributed by atoms with E-state index in [0.717, 1.165) is 30.3 Å². The first-order chi connectivity index (χ1) is 14.0. The standard InChI is InChI=1S/C22H12F6O2/c23-21(24,25)17-8-2-6-15(11-17)19(29)13-4-1-5-14(10-13)20(30)16-7-3-9-18(12-16)22(26,27)28/h1-12H. The lowest BCUT2D eigenvalue weighted by Crippen LogP contribution is -2.10. The number of benzene rings is 3. The topological polar surface area (TPSA) is 34.1 Å². The van der Waals surface area contributed by atoms with Gasteiger partial charge in [-0.15, -0.1) is 0 Å². The molecule has 2 nitrogen and oxygen atoms in total. The van der Waals surface area contributed by atoms with Gasteiger partial charge in [-0.25, -0.2) is 0 Å². The molecule has 0 aliphatic heterocycles. The van der Waals surface area contributed by atoms with Crippen molar-refractivity contribution in [1.82, 2.24) is 0 Å². The normalized spacial score (nSPS) is 11.9. The third kappa shape index (κ3) is 4.59. The van der Waals surface area contributed by atoms with Gasteiger partial charge in [-0.05, 0) is 30.3 Å². The van der Waals surface area contributed by atoms with Gasteiger partial charge in [0, 0.05) is 22.3 Å². The molecule has 0 unspecified atom stereocenters. The molecule has 0 atom stereocenters. The lowest BCUT2D eigenvalue weighted by Gasteiger charge is -2.10. The van der Waals surface area contributed by atoms with Gasteiger partial charge in [-0.3, -0.25) is 9.59 Å². The van der Waals surface area contributed by atoms with Gasteiger partial charge in [-0.2, -0.15) is 26.3 Å². The van der Waals surface area contributed by atoms with Crippen molar-refractivity contribution in [1.29, 1.82) is 0 Å². The first kappa shape index (κ1) is 21.3. The monoisotopic (exact) mass is 422 g/mol. The molecule has 30 heavy (non-hydrogen) atoms. The summed E-state index contributed by atoms with van der Waals surface area (Å²) in [5, 5.41) is 0. The van der Waals surface area contributed by atoms with Crippen LogP contribution in [0.4, 0.5) is 26.3 Å². The fraction of sp³-hybridized carbons (Fsp3) is 0.0909. The number of hydrogen-bond donors (Lipinski definition) is 0. The van der Waals surface area contributed by atoms with E-state index in [1.165, 1.54) is 30.3 Å². The fourth-order valence-electron chi connectivity index (χ4n) is 2.81. The molecule has 0 radical (unpaired) electrons. The van der Waals surface area contributed by atoms with E-state index in [9.17, 15) is 35.9 Å². The third-order valence-corrected chi connectivity index (χ3v) is 4.29. The Morgan fingerprint density at radius 1 is 0.500 bits per heavy atom. The van der Waals surface area contributed by atoms with E-state index in [1.807, 2.05) is 0 Å². The van der Waals surface area contributed by atoms with Crippen LogP contribution in [-0.2, 0) is 12.4 Å². The second-order valence-electron chi connectivity index (χ2n) is 6.40. The molecule has 154 valence electrons. The molecule has 0 fully saturated rings. The molecule has 0 saturated carbocycles. The first-order valence-electron chi connectivity index (χ1n) is 8.51. The molecular weight excluding hydrogens is 410 g/mol. The van der Waals surface area contributed by atoms with Crippen molar-refractivity contribution in [3.63, 3.8) is 0 Å². The van der Waals surface area contributed by atoms with Crippen LogP contribution in [0.2, 0.25) is 0 Å². The zero-order valence-electron chi connectivity index (χ0n) is 15.0. The molecule has 0 spiro atoms. The molecule has 8 heteroatoms. The number of halogens is 6. The summed E-state index contributed by atoms with van der Waals surface area (Å²) in [6, 6.07) is 12.7. The number of alkyl halides is 6. The van der Waals surface area contributed by atoms with Crippen LogP contribution >= 0.6 is 0 Å². The van der Waals surface area contributed by atoms with Gasteiger partial charge in [0.15, 0.2) is 11.6 Å². The predicted molar refractivity (Wildman–Crippen MR) is 96.2 cm³/mol. The average molecular weight is 422 g/mol. The Hall–Kier alpha value is -3.42. The zero-order chi connectivity index (χ0) is 22.1. The Morgan fingerprint density at radius 3 is 1.13 bits per heavy atom. The van der Waals surface area contributed by atoms with Crippen LogP contribution in [0, 0.1) is 0 Å². The van der Waals surface area contributed by atoms with Gasteiger partial charge >= 0.3 is 12.4 Å². The lowest BCUT2D eigenvalue weighted by atomic mass is 9.96. The average Bonchev–Trinajstić information content (AvgIpc) is 2.71. The summed E-state index contributed by atoms with van der Waals surface area (Å²) in [5.74, 6) is -1.50. The second-order valence-corrected chi connectivity index (χ2v) is 6.40. The Labute approximate surface area is 166 Å². The SMILES string of the molecule is O=C(c1cccc(C(=O)c2cccc(C(F)(F)F)c2)c1)c1cccc(C(F)(F)F)c1. The molecule has 0 aliphatic carbocycles. The van der Waals surface area contributed by atoms with Crippen LogP contribution in [0.3, 0.4) is 0 Å². The number of hydrogen-bond acceptors (Lipinski definition) is 2.